The maximum atomic E-state index is 13.4. The summed E-state index contributed by atoms with van der Waals surface area (Å²) in [6.07, 6.45) is 5.03. The van der Waals surface area contributed by atoms with E-state index in [4.69, 9.17) is 4.74 Å². The van der Waals surface area contributed by atoms with Crippen molar-refractivity contribution in [2.75, 3.05) is 30.1 Å². The molecule has 0 unspecified atom stereocenters. The number of thiophene rings is 1. The van der Waals surface area contributed by atoms with Crippen molar-refractivity contribution >= 4 is 46.4 Å². The average molecular weight is 643 g/mol. The first-order valence-corrected chi connectivity index (χ1v) is 16.5. The summed E-state index contributed by atoms with van der Waals surface area (Å²) in [6.45, 7) is 4.37. The van der Waals surface area contributed by atoms with E-state index in [0.717, 1.165) is 62.7 Å². The minimum Gasteiger partial charge on any atom is -0.497 e. The lowest BCUT2D eigenvalue weighted by molar-refractivity contribution is -0.129. The normalized spacial score (nSPS) is 15.0. The summed E-state index contributed by atoms with van der Waals surface area (Å²) in [4.78, 5) is 29.7. The Morgan fingerprint density at radius 3 is 2.49 bits per heavy atom. The van der Waals surface area contributed by atoms with Crippen molar-refractivity contribution in [3.63, 3.8) is 0 Å². The summed E-state index contributed by atoms with van der Waals surface area (Å²) in [5.41, 5.74) is 7.17. The molecule has 0 spiro atoms. The molecule has 0 bridgehead atoms. The second kappa shape index (κ2) is 12.8. The Morgan fingerprint density at radius 1 is 0.957 bits per heavy atom. The Balaban J connectivity index is 1.26. The van der Waals surface area contributed by atoms with Crippen LogP contribution in [0.25, 0.3) is 33.6 Å². The Kier molecular flexibility index (Phi) is 8.22. The molecule has 2 aliphatic rings. The van der Waals surface area contributed by atoms with Crippen LogP contribution in [-0.4, -0.2) is 47.5 Å². The average Bonchev–Trinajstić information content (AvgIpc) is 3.90. The molecule has 3 aromatic carbocycles. The van der Waals surface area contributed by atoms with Crippen molar-refractivity contribution in [2.24, 2.45) is 5.10 Å². The summed E-state index contributed by atoms with van der Waals surface area (Å²) in [5.74, 6) is -0.946. The molecule has 1 amide bonds. The van der Waals surface area contributed by atoms with E-state index >= 15 is 0 Å². The Bertz CT molecular complexity index is 2020. The summed E-state index contributed by atoms with van der Waals surface area (Å²) in [7, 11) is 1.66. The van der Waals surface area contributed by atoms with Crippen molar-refractivity contribution in [3.05, 3.63) is 113 Å². The molecule has 0 saturated carbocycles. The lowest BCUT2D eigenvalue weighted by Gasteiger charge is -2.19. The van der Waals surface area contributed by atoms with E-state index in [1.165, 1.54) is 35.4 Å². The number of carbonyl (C=O) groups is 2. The third-order valence-electron chi connectivity index (χ3n) is 8.61. The second-order valence-electron chi connectivity index (χ2n) is 11.5. The smallest absolute Gasteiger partial charge is 0.357 e. The summed E-state index contributed by atoms with van der Waals surface area (Å²) >= 11 is 1.49. The van der Waals surface area contributed by atoms with Gasteiger partial charge >= 0.3 is 5.97 Å². The van der Waals surface area contributed by atoms with Gasteiger partial charge < -0.3 is 19.3 Å². The van der Waals surface area contributed by atoms with Crippen LogP contribution in [0.5, 0.6) is 5.75 Å². The molecular formula is C38H34N4O4S. The zero-order valence-electron chi connectivity index (χ0n) is 26.2. The Hall–Kier alpha value is -5.41. The van der Waals surface area contributed by atoms with Gasteiger partial charge in [0, 0.05) is 29.3 Å². The van der Waals surface area contributed by atoms with Crippen molar-refractivity contribution in [3.8, 4) is 33.3 Å². The number of aromatic nitrogens is 1. The Morgan fingerprint density at radius 2 is 1.74 bits per heavy atom. The van der Waals surface area contributed by atoms with E-state index in [1.54, 1.807) is 37.5 Å². The number of anilines is 2. The number of carboxylic acids is 1. The molecule has 5 aromatic rings. The topological polar surface area (TPSA) is 87.4 Å². The van der Waals surface area contributed by atoms with Gasteiger partial charge in [0.1, 0.15) is 5.75 Å². The van der Waals surface area contributed by atoms with Gasteiger partial charge in [0.2, 0.25) is 0 Å². The van der Waals surface area contributed by atoms with E-state index in [9.17, 15) is 14.7 Å². The van der Waals surface area contributed by atoms with Gasteiger partial charge in [-0.2, -0.15) is 10.1 Å². The first-order valence-electron chi connectivity index (χ1n) is 15.7. The fourth-order valence-corrected chi connectivity index (χ4v) is 7.20. The molecule has 0 atom stereocenters. The molecule has 2 aromatic heterocycles. The highest BCUT2D eigenvalue weighted by molar-refractivity contribution is 7.16. The summed E-state index contributed by atoms with van der Waals surface area (Å²) < 4.78 is 7.69. The molecule has 2 aliphatic heterocycles. The molecule has 0 fully saturated rings. The van der Waals surface area contributed by atoms with Gasteiger partial charge in [-0.15, -0.1) is 11.3 Å². The molecule has 8 nitrogen and oxygen atoms in total. The molecule has 4 heterocycles. The highest BCUT2D eigenvalue weighted by atomic mass is 32.1. The molecule has 1 N–H and O–H groups in total. The molecular weight excluding hydrogens is 609 g/mol. The third kappa shape index (κ3) is 5.74. The number of carbonyl (C=O) groups excluding carboxylic acids is 1. The number of fused-ring (bicyclic) bond motifs is 1. The van der Waals surface area contributed by atoms with Gasteiger partial charge in [-0.1, -0.05) is 37.6 Å². The number of aliphatic carboxylic acids is 1. The number of hydrazone groups is 1. The second-order valence-corrected chi connectivity index (χ2v) is 12.7. The van der Waals surface area contributed by atoms with E-state index in [1.807, 2.05) is 42.5 Å². The number of unbranched alkanes of at least 4 members (excludes halogenated alkanes) is 1. The van der Waals surface area contributed by atoms with Crippen LogP contribution in [0.2, 0.25) is 0 Å². The van der Waals surface area contributed by atoms with Crippen molar-refractivity contribution < 1.29 is 19.4 Å². The standard InChI is InChI=1S/C38H34N4O4S/c1-3-4-21-40-22-20-26-23-25(10-16-32(26)40)33-17-18-34(41(33)27-11-13-29(46-2)14-12-27)35-19-15-30(47-35)24-31-36(38(44)45)39-42(37(31)43)28-8-6-5-7-9-28/h5-19,23-24H,3-4,20-22H2,1-2H3,(H,44,45)/b31-24-. The molecule has 0 saturated heterocycles. The largest absolute Gasteiger partial charge is 0.497 e. The van der Waals surface area contributed by atoms with E-state index in [2.05, 4.69) is 51.8 Å². The van der Waals surface area contributed by atoms with Gasteiger partial charge in [-0.25, -0.2) is 4.79 Å². The van der Waals surface area contributed by atoms with Crippen LogP contribution in [-0.2, 0) is 16.0 Å². The van der Waals surface area contributed by atoms with E-state index in [0.29, 0.717) is 5.69 Å². The van der Waals surface area contributed by atoms with Crippen molar-refractivity contribution in [1.29, 1.82) is 0 Å². The number of benzene rings is 3. The number of hydrogen-bond donors (Lipinski definition) is 1. The van der Waals surface area contributed by atoms with E-state index < -0.39 is 11.9 Å². The van der Waals surface area contributed by atoms with Gasteiger partial charge in [0.25, 0.3) is 5.91 Å². The van der Waals surface area contributed by atoms with Gasteiger partial charge in [0.05, 0.1) is 34.6 Å². The predicted octanol–water partition coefficient (Wildman–Crippen LogP) is 7.91. The zero-order chi connectivity index (χ0) is 32.5. The lowest BCUT2D eigenvalue weighted by Crippen LogP contribution is -2.22. The van der Waals surface area contributed by atoms with Gasteiger partial charge in [0.15, 0.2) is 5.71 Å². The van der Waals surface area contributed by atoms with Crippen LogP contribution < -0.4 is 14.6 Å². The van der Waals surface area contributed by atoms with Crippen LogP contribution in [0.15, 0.2) is 108 Å². The number of methoxy groups -OCH3 is 1. The minimum atomic E-state index is -1.25. The number of amides is 1. The first-order chi connectivity index (χ1) is 22.9. The van der Waals surface area contributed by atoms with Gasteiger partial charge in [-0.05, 0) is 103 Å². The van der Waals surface area contributed by atoms with E-state index in [-0.39, 0.29) is 11.3 Å². The molecule has 236 valence electrons. The van der Waals surface area contributed by atoms with Crippen LogP contribution in [0, 0.1) is 0 Å². The molecule has 9 heteroatoms. The number of hydrogen-bond acceptors (Lipinski definition) is 6. The maximum Gasteiger partial charge on any atom is 0.357 e. The van der Waals surface area contributed by atoms with Crippen LogP contribution in [0.4, 0.5) is 11.4 Å². The van der Waals surface area contributed by atoms with Crippen LogP contribution in [0.1, 0.15) is 30.2 Å². The summed E-state index contributed by atoms with van der Waals surface area (Å²) in [6, 6.07) is 31.8. The highest BCUT2D eigenvalue weighted by Crippen LogP contribution is 2.39. The first kappa shape index (κ1) is 30.3. The quantitative estimate of drug-likeness (QED) is 0.157. The number of para-hydroxylation sites is 1. The maximum absolute atomic E-state index is 13.4. The fourth-order valence-electron chi connectivity index (χ4n) is 6.23. The number of ether oxygens (including phenoxy) is 1. The van der Waals surface area contributed by atoms with Crippen LogP contribution in [0.3, 0.4) is 0 Å². The number of nitrogens with zero attached hydrogens (tertiary/aromatic N) is 4. The highest BCUT2D eigenvalue weighted by Gasteiger charge is 2.35. The summed E-state index contributed by atoms with van der Waals surface area (Å²) in [5, 5.41) is 15.2. The molecule has 0 radical (unpaired) electrons. The molecule has 7 rings (SSSR count). The number of carboxylic acid groups (broad SMARTS) is 1. The fraction of sp³-hybridized carbons (Fsp3) is 0.184. The monoisotopic (exact) mass is 642 g/mol. The minimum absolute atomic E-state index is 0.0482. The van der Waals surface area contributed by atoms with Gasteiger partial charge in [-0.3, -0.25) is 4.79 Å². The lowest BCUT2D eigenvalue weighted by atomic mass is 10.1. The predicted molar refractivity (Wildman–Crippen MR) is 189 cm³/mol. The van der Waals surface area contributed by atoms with Crippen molar-refractivity contribution in [1.82, 2.24) is 4.57 Å². The third-order valence-corrected chi connectivity index (χ3v) is 9.66. The molecule has 0 aliphatic carbocycles. The number of rotatable bonds is 10. The Labute approximate surface area is 277 Å². The van der Waals surface area contributed by atoms with Crippen LogP contribution >= 0.6 is 11.3 Å². The zero-order valence-corrected chi connectivity index (χ0v) is 27.0. The van der Waals surface area contributed by atoms with Crippen molar-refractivity contribution in [2.45, 2.75) is 26.2 Å². The SMILES string of the molecule is CCCCN1CCc2cc(-c3ccc(-c4ccc(/C=C5\C(=O)N(c6ccccc6)N=C5C(=O)O)s4)n3-c3ccc(OC)cc3)ccc21. The molecule has 47 heavy (non-hydrogen) atoms.